The summed E-state index contributed by atoms with van der Waals surface area (Å²) in [6, 6.07) is 3.24. The van der Waals surface area contributed by atoms with Gasteiger partial charge in [-0.1, -0.05) is 11.6 Å². The van der Waals surface area contributed by atoms with Gasteiger partial charge in [0, 0.05) is 5.69 Å². The van der Waals surface area contributed by atoms with Gasteiger partial charge in [-0.25, -0.2) is 4.39 Å². The Hall–Kier alpha value is -2.09. The van der Waals surface area contributed by atoms with Gasteiger partial charge >= 0.3 is 6.18 Å². The third-order valence-electron chi connectivity index (χ3n) is 2.34. The van der Waals surface area contributed by atoms with Crippen LogP contribution in [0.5, 0.6) is 0 Å². The van der Waals surface area contributed by atoms with Crippen LogP contribution in [-0.4, -0.2) is 16.1 Å². The lowest BCUT2D eigenvalue weighted by molar-refractivity contribution is -0.141. The van der Waals surface area contributed by atoms with Crippen molar-refractivity contribution in [2.24, 2.45) is 0 Å². The summed E-state index contributed by atoms with van der Waals surface area (Å²) in [5, 5.41) is 6.82. The van der Waals surface area contributed by atoms with Crippen molar-refractivity contribution in [3.05, 3.63) is 46.5 Å². The van der Waals surface area contributed by atoms with Gasteiger partial charge in [0.2, 0.25) is 0 Å². The van der Waals surface area contributed by atoms with E-state index in [0.29, 0.717) is 0 Å². The molecule has 0 radical (unpaired) electrons. The van der Waals surface area contributed by atoms with Crippen molar-refractivity contribution < 1.29 is 22.4 Å². The van der Waals surface area contributed by atoms with Gasteiger partial charge in [0.1, 0.15) is 5.82 Å². The minimum Gasteiger partial charge on any atom is -0.322 e. The molecule has 4 nitrogen and oxygen atoms in total. The molecule has 0 spiro atoms. The Bertz CT molecular complexity index is 653. The first-order valence-electron chi connectivity index (χ1n) is 5.16. The number of carbonyl (C=O) groups is 1. The maximum Gasteiger partial charge on any atom is 0.433 e. The lowest BCUT2D eigenvalue weighted by Crippen LogP contribution is -2.17. The van der Waals surface area contributed by atoms with Crippen molar-refractivity contribution in [1.82, 2.24) is 10.2 Å². The molecule has 1 heterocycles. The second kappa shape index (κ2) is 5.12. The molecule has 0 atom stereocenters. The average Bonchev–Trinajstić information content (AvgIpc) is 2.83. The van der Waals surface area contributed by atoms with Crippen LogP contribution in [-0.2, 0) is 6.18 Å². The number of hydrogen-bond acceptors (Lipinski definition) is 2. The Labute approximate surface area is 114 Å². The minimum atomic E-state index is -4.73. The highest BCUT2D eigenvalue weighted by molar-refractivity contribution is 6.31. The molecule has 0 unspecified atom stereocenters. The van der Waals surface area contributed by atoms with E-state index in [2.05, 4.69) is 10.4 Å². The first-order valence-corrected chi connectivity index (χ1v) is 5.54. The van der Waals surface area contributed by atoms with Crippen LogP contribution in [0, 0.1) is 5.82 Å². The van der Waals surface area contributed by atoms with Crippen molar-refractivity contribution in [2.45, 2.75) is 6.18 Å². The number of amides is 1. The SMILES string of the molecule is O=C(Nc1ccc(F)c(Cl)c1)c1cn[nH]c1C(F)(F)F. The molecule has 0 saturated heterocycles. The molecule has 9 heteroatoms. The number of alkyl halides is 3. The van der Waals surface area contributed by atoms with E-state index < -0.39 is 29.2 Å². The van der Waals surface area contributed by atoms with E-state index in [9.17, 15) is 22.4 Å². The number of nitrogens with one attached hydrogen (secondary N) is 2. The molecule has 2 rings (SSSR count). The highest BCUT2D eigenvalue weighted by Crippen LogP contribution is 2.30. The van der Waals surface area contributed by atoms with Crippen LogP contribution in [0.1, 0.15) is 16.1 Å². The molecule has 106 valence electrons. The predicted molar refractivity (Wildman–Crippen MR) is 63.0 cm³/mol. The zero-order valence-electron chi connectivity index (χ0n) is 9.55. The van der Waals surface area contributed by atoms with Crippen molar-refractivity contribution in [2.75, 3.05) is 5.32 Å². The Balaban J connectivity index is 2.25. The summed E-state index contributed by atoms with van der Waals surface area (Å²) in [6.45, 7) is 0. The summed E-state index contributed by atoms with van der Waals surface area (Å²) in [6.07, 6.45) is -3.98. The Morgan fingerprint density at radius 1 is 1.35 bits per heavy atom. The summed E-state index contributed by atoms with van der Waals surface area (Å²) < 4.78 is 50.6. The van der Waals surface area contributed by atoms with Crippen LogP contribution in [0.2, 0.25) is 5.02 Å². The molecular weight excluding hydrogens is 302 g/mol. The van der Waals surface area contributed by atoms with Gasteiger partial charge in [0.05, 0.1) is 16.8 Å². The van der Waals surface area contributed by atoms with Gasteiger partial charge in [-0.05, 0) is 18.2 Å². The topological polar surface area (TPSA) is 57.8 Å². The molecular formula is C11H6ClF4N3O. The molecule has 0 aliphatic heterocycles. The zero-order valence-corrected chi connectivity index (χ0v) is 10.3. The van der Waals surface area contributed by atoms with Crippen LogP contribution >= 0.6 is 11.6 Å². The Morgan fingerprint density at radius 3 is 2.65 bits per heavy atom. The fourth-order valence-corrected chi connectivity index (χ4v) is 1.63. The van der Waals surface area contributed by atoms with Crippen molar-refractivity contribution in [3.63, 3.8) is 0 Å². The van der Waals surface area contributed by atoms with E-state index >= 15 is 0 Å². The Kier molecular flexibility index (Phi) is 3.67. The Morgan fingerprint density at radius 2 is 2.05 bits per heavy atom. The molecule has 20 heavy (non-hydrogen) atoms. The second-order valence-corrected chi connectivity index (χ2v) is 4.15. The monoisotopic (exact) mass is 307 g/mol. The first-order chi connectivity index (χ1) is 9.29. The summed E-state index contributed by atoms with van der Waals surface area (Å²) in [7, 11) is 0. The summed E-state index contributed by atoms with van der Waals surface area (Å²) in [5.74, 6) is -1.74. The van der Waals surface area contributed by atoms with E-state index in [4.69, 9.17) is 11.6 Å². The fourth-order valence-electron chi connectivity index (χ4n) is 1.45. The van der Waals surface area contributed by atoms with E-state index in [1.807, 2.05) is 0 Å². The maximum atomic E-state index is 12.9. The van der Waals surface area contributed by atoms with Crippen LogP contribution in [0.4, 0.5) is 23.2 Å². The van der Waals surface area contributed by atoms with Gasteiger partial charge in [0.15, 0.2) is 5.69 Å². The first kappa shape index (κ1) is 14.3. The van der Waals surface area contributed by atoms with Gasteiger partial charge < -0.3 is 5.32 Å². The second-order valence-electron chi connectivity index (χ2n) is 3.74. The molecule has 2 aromatic rings. The van der Waals surface area contributed by atoms with Gasteiger partial charge in [-0.2, -0.15) is 18.3 Å². The number of rotatable bonds is 2. The van der Waals surface area contributed by atoms with Gasteiger partial charge in [-0.3, -0.25) is 9.89 Å². The van der Waals surface area contributed by atoms with E-state index in [1.54, 1.807) is 5.10 Å². The fraction of sp³-hybridized carbons (Fsp3) is 0.0909. The number of nitrogens with zero attached hydrogens (tertiary/aromatic N) is 1. The molecule has 0 aliphatic carbocycles. The average molecular weight is 308 g/mol. The van der Waals surface area contributed by atoms with Crippen LogP contribution in [0.15, 0.2) is 24.4 Å². The predicted octanol–water partition coefficient (Wildman–Crippen LogP) is 3.47. The zero-order chi connectivity index (χ0) is 14.9. The molecule has 0 saturated carbocycles. The molecule has 1 aromatic carbocycles. The largest absolute Gasteiger partial charge is 0.433 e. The number of hydrogen-bond donors (Lipinski definition) is 2. The molecule has 0 aliphatic rings. The normalized spacial score (nSPS) is 11.4. The standard InChI is InChI=1S/C11H6ClF4N3O/c12-7-3-5(1-2-8(7)13)18-10(20)6-4-17-19-9(6)11(14,15)16/h1-4H,(H,17,19)(H,18,20). The maximum absolute atomic E-state index is 12.9. The molecule has 0 fully saturated rings. The van der Waals surface area contributed by atoms with Crippen molar-refractivity contribution in [1.29, 1.82) is 0 Å². The number of benzene rings is 1. The number of halogens is 5. The third kappa shape index (κ3) is 2.90. The van der Waals surface area contributed by atoms with Crippen molar-refractivity contribution >= 4 is 23.2 Å². The molecule has 0 bridgehead atoms. The number of aromatic amines is 1. The van der Waals surface area contributed by atoms with Crippen LogP contribution < -0.4 is 5.32 Å². The minimum absolute atomic E-state index is 0.0655. The number of anilines is 1. The van der Waals surface area contributed by atoms with Gasteiger partial charge in [-0.15, -0.1) is 0 Å². The number of H-pyrrole nitrogens is 1. The number of carbonyl (C=O) groups excluding carboxylic acids is 1. The van der Waals surface area contributed by atoms with Crippen molar-refractivity contribution in [3.8, 4) is 0 Å². The highest BCUT2D eigenvalue weighted by atomic mass is 35.5. The number of aromatic nitrogens is 2. The summed E-state index contributed by atoms with van der Waals surface area (Å²) in [5.41, 5.74) is -1.86. The van der Waals surface area contributed by atoms with E-state index in [0.717, 1.165) is 18.3 Å². The van der Waals surface area contributed by atoms with Crippen LogP contribution in [0.3, 0.4) is 0 Å². The summed E-state index contributed by atoms with van der Waals surface area (Å²) >= 11 is 5.50. The molecule has 2 N–H and O–H groups in total. The summed E-state index contributed by atoms with van der Waals surface area (Å²) in [4.78, 5) is 11.7. The molecule has 1 amide bonds. The highest BCUT2D eigenvalue weighted by Gasteiger charge is 2.37. The lowest BCUT2D eigenvalue weighted by atomic mass is 10.2. The lowest BCUT2D eigenvalue weighted by Gasteiger charge is -2.08. The van der Waals surface area contributed by atoms with Gasteiger partial charge in [0.25, 0.3) is 5.91 Å². The third-order valence-corrected chi connectivity index (χ3v) is 2.63. The van der Waals surface area contributed by atoms with E-state index in [1.165, 1.54) is 6.07 Å². The van der Waals surface area contributed by atoms with Crippen LogP contribution in [0.25, 0.3) is 0 Å². The smallest absolute Gasteiger partial charge is 0.322 e. The van der Waals surface area contributed by atoms with E-state index in [-0.39, 0.29) is 10.7 Å². The quantitative estimate of drug-likeness (QED) is 0.835. The molecule has 1 aromatic heterocycles.